The summed E-state index contributed by atoms with van der Waals surface area (Å²) in [4.78, 5) is 14.5. The van der Waals surface area contributed by atoms with Gasteiger partial charge in [0.2, 0.25) is 5.89 Å². The van der Waals surface area contributed by atoms with Crippen molar-refractivity contribution in [1.82, 2.24) is 4.98 Å². The SMILES string of the molecule is CCOC(=O)C=Cc1ncco1. The second-order valence-electron chi connectivity index (χ2n) is 1.96. The molecular formula is C8H9NO3. The van der Waals surface area contributed by atoms with Crippen LogP contribution < -0.4 is 0 Å². The van der Waals surface area contributed by atoms with Gasteiger partial charge in [0.1, 0.15) is 6.26 Å². The Balaban J connectivity index is 2.45. The summed E-state index contributed by atoms with van der Waals surface area (Å²) in [5.74, 6) is -0.00115. The van der Waals surface area contributed by atoms with E-state index in [2.05, 4.69) is 9.72 Å². The van der Waals surface area contributed by atoms with Crippen LogP contribution in [0.2, 0.25) is 0 Å². The van der Waals surface area contributed by atoms with Gasteiger partial charge in [-0.05, 0) is 6.92 Å². The van der Waals surface area contributed by atoms with Crippen LogP contribution in [0.25, 0.3) is 6.08 Å². The van der Waals surface area contributed by atoms with Crippen LogP contribution in [0.3, 0.4) is 0 Å². The van der Waals surface area contributed by atoms with Crippen LogP contribution in [0.15, 0.2) is 23.0 Å². The molecular weight excluding hydrogens is 158 g/mol. The molecule has 0 unspecified atom stereocenters. The summed E-state index contributed by atoms with van der Waals surface area (Å²) in [5.41, 5.74) is 0. The molecule has 64 valence electrons. The number of hydrogen-bond acceptors (Lipinski definition) is 4. The van der Waals surface area contributed by atoms with Crippen LogP contribution in [-0.4, -0.2) is 17.6 Å². The number of carbonyl (C=O) groups is 1. The van der Waals surface area contributed by atoms with E-state index in [1.165, 1.54) is 24.6 Å². The van der Waals surface area contributed by atoms with Gasteiger partial charge in [0, 0.05) is 12.2 Å². The van der Waals surface area contributed by atoms with E-state index >= 15 is 0 Å². The molecule has 1 aromatic heterocycles. The van der Waals surface area contributed by atoms with Crippen molar-refractivity contribution < 1.29 is 13.9 Å². The highest BCUT2D eigenvalue weighted by molar-refractivity contribution is 5.86. The predicted molar refractivity (Wildman–Crippen MR) is 42.2 cm³/mol. The highest BCUT2D eigenvalue weighted by Crippen LogP contribution is 1.97. The number of carbonyl (C=O) groups excluding carboxylic acids is 1. The van der Waals surface area contributed by atoms with E-state index in [0.29, 0.717) is 12.5 Å². The van der Waals surface area contributed by atoms with Gasteiger partial charge in [-0.2, -0.15) is 0 Å². The molecule has 0 spiro atoms. The van der Waals surface area contributed by atoms with Gasteiger partial charge >= 0.3 is 5.97 Å². The van der Waals surface area contributed by atoms with E-state index in [-0.39, 0.29) is 0 Å². The van der Waals surface area contributed by atoms with E-state index in [9.17, 15) is 4.79 Å². The molecule has 4 nitrogen and oxygen atoms in total. The Labute approximate surface area is 69.9 Å². The molecule has 0 fully saturated rings. The third kappa shape index (κ3) is 2.57. The minimum Gasteiger partial charge on any atom is -0.463 e. The number of aromatic nitrogens is 1. The number of nitrogens with zero attached hydrogens (tertiary/aromatic N) is 1. The molecule has 4 heteroatoms. The average Bonchev–Trinajstić information content (AvgIpc) is 2.53. The van der Waals surface area contributed by atoms with Crippen LogP contribution in [0.5, 0.6) is 0 Å². The number of hydrogen-bond donors (Lipinski definition) is 0. The zero-order valence-electron chi connectivity index (χ0n) is 6.69. The molecule has 1 rings (SSSR count). The first-order chi connectivity index (χ1) is 5.83. The summed E-state index contributed by atoms with van der Waals surface area (Å²) in [7, 11) is 0. The van der Waals surface area contributed by atoms with E-state index in [1.54, 1.807) is 6.92 Å². The molecule has 0 bridgehead atoms. The summed E-state index contributed by atoms with van der Waals surface area (Å²) < 4.78 is 9.50. The molecule has 12 heavy (non-hydrogen) atoms. The maximum atomic E-state index is 10.8. The van der Waals surface area contributed by atoms with Crippen molar-refractivity contribution in [1.29, 1.82) is 0 Å². The van der Waals surface area contributed by atoms with Crippen LogP contribution in [0.1, 0.15) is 12.8 Å². The normalized spacial score (nSPS) is 10.4. The van der Waals surface area contributed by atoms with Gasteiger partial charge in [0.05, 0.1) is 12.8 Å². The Hall–Kier alpha value is -1.58. The quantitative estimate of drug-likeness (QED) is 0.502. The summed E-state index contributed by atoms with van der Waals surface area (Å²) in [6.07, 6.45) is 5.67. The molecule has 0 atom stereocenters. The van der Waals surface area contributed by atoms with Gasteiger partial charge in [0.15, 0.2) is 0 Å². The average molecular weight is 167 g/mol. The van der Waals surface area contributed by atoms with Crippen LogP contribution in [0.4, 0.5) is 0 Å². The Morgan fingerprint density at radius 2 is 2.67 bits per heavy atom. The highest BCUT2D eigenvalue weighted by atomic mass is 16.5. The third-order valence-electron chi connectivity index (χ3n) is 1.10. The number of rotatable bonds is 3. The smallest absolute Gasteiger partial charge is 0.330 e. The molecule has 0 aliphatic carbocycles. The lowest BCUT2D eigenvalue weighted by Crippen LogP contribution is -1.98. The van der Waals surface area contributed by atoms with Crippen molar-refractivity contribution in [3.63, 3.8) is 0 Å². The summed E-state index contributed by atoms with van der Waals surface area (Å²) in [6, 6.07) is 0. The van der Waals surface area contributed by atoms with Crippen LogP contribution in [-0.2, 0) is 9.53 Å². The highest BCUT2D eigenvalue weighted by Gasteiger charge is 1.94. The summed E-state index contributed by atoms with van der Waals surface area (Å²) in [5, 5.41) is 0. The van der Waals surface area contributed by atoms with Gasteiger partial charge in [-0.15, -0.1) is 0 Å². The fourth-order valence-electron chi connectivity index (χ4n) is 0.646. The number of ether oxygens (including phenoxy) is 1. The van der Waals surface area contributed by atoms with E-state index in [4.69, 9.17) is 4.42 Å². The van der Waals surface area contributed by atoms with Crippen molar-refractivity contribution in [2.45, 2.75) is 6.92 Å². The maximum absolute atomic E-state index is 10.8. The van der Waals surface area contributed by atoms with Gasteiger partial charge in [-0.25, -0.2) is 9.78 Å². The number of oxazole rings is 1. The predicted octanol–water partition coefficient (Wildman–Crippen LogP) is 1.25. The lowest BCUT2D eigenvalue weighted by Gasteiger charge is -1.92. The topological polar surface area (TPSA) is 52.3 Å². The molecule has 0 saturated heterocycles. The van der Waals surface area contributed by atoms with Gasteiger partial charge in [-0.1, -0.05) is 0 Å². The fraction of sp³-hybridized carbons (Fsp3) is 0.250. The Bertz CT molecular complexity index is 264. The van der Waals surface area contributed by atoms with E-state index in [0.717, 1.165) is 0 Å². The minimum atomic E-state index is -0.393. The second-order valence-corrected chi connectivity index (χ2v) is 1.96. The standard InChI is InChI=1S/C8H9NO3/c1-2-11-8(10)4-3-7-9-5-6-12-7/h3-6H,2H2,1H3. The van der Waals surface area contributed by atoms with Crippen molar-refractivity contribution in [2.24, 2.45) is 0 Å². The lowest BCUT2D eigenvalue weighted by atomic mass is 10.5. The van der Waals surface area contributed by atoms with Crippen LogP contribution >= 0.6 is 0 Å². The third-order valence-corrected chi connectivity index (χ3v) is 1.10. The molecule has 0 saturated carbocycles. The largest absolute Gasteiger partial charge is 0.463 e. The molecule has 1 heterocycles. The van der Waals surface area contributed by atoms with Gasteiger partial charge in [-0.3, -0.25) is 0 Å². The second kappa shape index (κ2) is 4.33. The van der Waals surface area contributed by atoms with Crippen molar-refractivity contribution >= 4 is 12.0 Å². The molecule has 0 aliphatic rings. The van der Waals surface area contributed by atoms with Crippen molar-refractivity contribution in [3.8, 4) is 0 Å². The number of esters is 1. The Morgan fingerprint density at radius 3 is 3.25 bits per heavy atom. The maximum Gasteiger partial charge on any atom is 0.330 e. The molecule has 0 amide bonds. The van der Waals surface area contributed by atoms with Crippen LogP contribution in [0, 0.1) is 0 Å². The summed E-state index contributed by atoms with van der Waals surface area (Å²) >= 11 is 0. The van der Waals surface area contributed by atoms with Crippen molar-refractivity contribution in [3.05, 3.63) is 24.4 Å². The first-order valence-electron chi connectivity index (χ1n) is 3.57. The van der Waals surface area contributed by atoms with E-state index < -0.39 is 5.97 Å². The first-order valence-corrected chi connectivity index (χ1v) is 3.57. The Kier molecular flexibility index (Phi) is 3.07. The fourth-order valence-corrected chi connectivity index (χ4v) is 0.646. The van der Waals surface area contributed by atoms with Gasteiger partial charge < -0.3 is 9.15 Å². The lowest BCUT2D eigenvalue weighted by molar-refractivity contribution is -0.137. The molecule has 0 aromatic carbocycles. The van der Waals surface area contributed by atoms with E-state index in [1.807, 2.05) is 0 Å². The van der Waals surface area contributed by atoms with Gasteiger partial charge in [0.25, 0.3) is 0 Å². The molecule has 1 aromatic rings. The van der Waals surface area contributed by atoms with Crippen molar-refractivity contribution in [2.75, 3.05) is 6.61 Å². The monoisotopic (exact) mass is 167 g/mol. The minimum absolute atomic E-state index is 0.370. The zero-order valence-corrected chi connectivity index (χ0v) is 6.69. The summed E-state index contributed by atoms with van der Waals surface area (Å²) in [6.45, 7) is 2.12. The zero-order chi connectivity index (χ0) is 8.81. The first kappa shape index (κ1) is 8.52. The molecule has 0 radical (unpaired) electrons. The molecule has 0 N–H and O–H groups in total. The molecule has 0 aliphatic heterocycles. The Morgan fingerprint density at radius 1 is 1.83 bits per heavy atom.